The first kappa shape index (κ1) is 21.0. The van der Waals surface area contributed by atoms with Crippen LogP contribution in [0.3, 0.4) is 0 Å². The molecule has 0 radical (unpaired) electrons. The molecule has 2 aromatic heterocycles. The maximum atomic E-state index is 13.7. The first-order valence-corrected chi connectivity index (χ1v) is 8.49. The van der Waals surface area contributed by atoms with Gasteiger partial charge in [0.25, 0.3) is 0 Å². The van der Waals surface area contributed by atoms with Crippen LogP contribution in [-0.2, 0) is 17.9 Å². The van der Waals surface area contributed by atoms with Crippen molar-refractivity contribution in [3.63, 3.8) is 0 Å². The number of benzene rings is 1. The van der Waals surface area contributed by atoms with E-state index in [2.05, 4.69) is 15.5 Å². The van der Waals surface area contributed by atoms with E-state index in [0.717, 1.165) is 4.68 Å². The van der Waals surface area contributed by atoms with Crippen molar-refractivity contribution >= 4 is 17.4 Å². The third-order valence-electron chi connectivity index (χ3n) is 4.12. The number of anilines is 1. The van der Waals surface area contributed by atoms with Gasteiger partial charge in [0.15, 0.2) is 29.1 Å². The molecule has 1 amide bonds. The number of nitrogens with one attached hydrogen (secondary N) is 1. The Labute approximate surface area is 166 Å². The number of carbonyl (C=O) groups is 1. The highest BCUT2D eigenvalue weighted by molar-refractivity contribution is 5.89. The van der Waals surface area contributed by atoms with Gasteiger partial charge in [-0.15, -0.1) is 0 Å². The minimum atomic E-state index is -1.53. The van der Waals surface area contributed by atoms with Crippen molar-refractivity contribution in [1.29, 1.82) is 0 Å². The largest absolute Gasteiger partial charge is 0.309 e. The number of hydrogen-bond acceptors (Lipinski definition) is 5. The number of carbonyl (C=O) groups excluding carboxylic acids is 1. The minimum absolute atomic E-state index is 0.0420. The van der Waals surface area contributed by atoms with Crippen LogP contribution in [0.2, 0.25) is 0 Å². The van der Waals surface area contributed by atoms with E-state index in [1.54, 1.807) is 0 Å². The van der Waals surface area contributed by atoms with Crippen LogP contribution in [0.4, 0.5) is 29.1 Å². The molecule has 1 aromatic carbocycles. The fourth-order valence-electron chi connectivity index (χ4n) is 2.66. The SMILES string of the molecule is Cc1nn(CCC(=O)Nc2ccn(Cc3c(F)c(F)cc(F)c3F)n2)cc1[N+](=O)[O-]. The lowest BCUT2D eigenvalue weighted by Crippen LogP contribution is -2.15. The van der Waals surface area contributed by atoms with Crippen LogP contribution in [0.25, 0.3) is 0 Å². The molecule has 0 bridgehead atoms. The van der Waals surface area contributed by atoms with Gasteiger partial charge < -0.3 is 5.32 Å². The minimum Gasteiger partial charge on any atom is -0.309 e. The van der Waals surface area contributed by atoms with E-state index in [0.29, 0.717) is 0 Å². The zero-order valence-corrected chi connectivity index (χ0v) is 15.4. The number of amides is 1. The van der Waals surface area contributed by atoms with Gasteiger partial charge in [-0.1, -0.05) is 0 Å². The van der Waals surface area contributed by atoms with Crippen molar-refractivity contribution in [3.8, 4) is 0 Å². The van der Waals surface area contributed by atoms with E-state index in [4.69, 9.17) is 0 Å². The Morgan fingerprint density at radius 2 is 1.83 bits per heavy atom. The van der Waals surface area contributed by atoms with Gasteiger partial charge in [-0.05, 0) is 6.92 Å². The Kier molecular flexibility index (Phi) is 5.80. The lowest BCUT2D eigenvalue weighted by Gasteiger charge is -2.07. The normalized spacial score (nSPS) is 11.0. The summed E-state index contributed by atoms with van der Waals surface area (Å²) >= 11 is 0. The van der Waals surface area contributed by atoms with E-state index >= 15 is 0 Å². The van der Waals surface area contributed by atoms with Gasteiger partial charge in [0.1, 0.15) is 11.9 Å². The number of halogens is 4. The maximum Gasteiger partial charge on any atom is 0.309 e. The Balaban J connectivity index is 1.61. The quantitative estimate of drug-likeness (QED) is 0.271. The van der Waals surface area contributed by atoms with E-state index in [-0.39, 0.29) is 36.2 Å². The molecule has 0 aliphatic rings. The lowest BCUT2D eigenvalue weighted by atomic mass is 10.2. The Morgan fingerprint density at radius 1 is 1.17 bits per heavy atom. The van der Waals surface area contributed by atoms with E-state index in [1.807, 2.05) is 0 Å². The number of hydrogen-bond donors (Lipinski definition) is 1. The van der Waals surface area contributed by atoms with Crippen LogP contribution in [0.5, 0.6) is 0 Å². The third-order valence-corrected chi connectivity index (χ3v) is 4.12. The number of nitrogens with zero attached hydrogens (tertiary/aromatic N) is 5. The summed E-state index contributed by atoms with van der Waals surface area (Å²) in [5, 5.41) is 21.0. The predicted molar refractivity (Wildman–Crippen MR) is 94.5 cm³/mol. The van der Waals surface area contributed by atoms with Crippen LogP contribution in [-0.4, -0.2) is 30.4 Å². The maximum absolute atomic E-state index is 13.7. The second-order valence-corrected chi connectivity index (χ2v) is 6.26. The standard InChI is InChI=1S/C17H14F4N6O3/c1-9-13(27(29)30)8-26(23-9)5-3-15(28)22-14-2-4-25(24-14)7-10-16(20)11(18)6-12(19)17(10)21/h2,4,6,8H,3,5,7H2,1H3,(H,22,24,28). The topological polar surface area (TPSA) is 108 Å². The highest BCUT2D eigenvalue weighted by Crippen LogP contribution is 2.20. The van der Waals surface area contributed by atoms with Crippen LogP contribution in [0, 0.1) is 40.3 Å². The van der Waals surface area contributed by atoms with Gasteiger partial charge in [-0.2, -0.15) is 10.2 Å². The second kappa shape index (κ2) is 8.31. The predicted octanol–water partition coefficient (Wildman–Crippen LogP) is 2.93. The molecule has 158 valence electrons. The molecule has 9 nitrogen and oxygen atoms in total. The van der Waals surface area contributed by atoms with Crippen molar-refractivity contribution in [2.45, 2.75) is 26.4 Å². The van der Waals surface area contributed by atoms with Gasteiger partial charge in [-0.3, -0.25) is 24.3 Å². The fraction of sp³-hybridized carbons (Fsp3) is 0.235. The third kappa shape index (κ3) is 4.45. The molecule has 3 aromatic rings. The summed E-state index contributed by atoms with van der Waals surface area (Å²) in [6.07, 6.45) is 2.39. The van der Waals surface area contributed by atoms with Crippen molar-refractivity contribution in [1.82, 2.24) is 19.6 Å². The average Bonchev–Trinajstić information content (AvgIpc) is 3.28. The van der Waals surface area contributed by atoms with Gasteiger partial charge in [-0.25, -0.2) is 17.6 Å². The summed E-state index contributed by atoms with van der Waals surface area (Å²) in [6.45, 7) is 0.941. The summed E-state index contributed by atoms with van der Waals surface area (Å²) in [5.74, 6) is -6.57. The zero-order chi connectivity index (χ0) is 22.0. The summed E-state index contributed by atoms with van der Waals surface area (Å²) in [5.41, 5.74) is -0.793. The van der Waals surface area contributed by atoms with Crippen molar-refractivity contribution in [2.24, 2.45) is 0 Å². The Morgan fingerprint density at radius 3 is 2.43 bits per heavy atom. The van der Waals surface area contributed by atoms with Crippen LogP contribution >= 0.6 is 0 Å². The molecular weight excluding hydrogens is 412 g/mol. The van der Waals surface area contributed by atoms with Crippen LogP contribution in [0.15, 0.2) is 24.5 Å². The van der Waals surface area contributed by atoms with E-state index in [9.17, 15) is 32.5 Å². The van der Waals surface area contributed by atoms with Gasteiger partial charge in [0.2, 0.25) is 5.91 Å². The second-order valence-electron chi connectivity index (χ2n) is 6.26. The summed E-state index contributed by atoms with van der Waals surface area (Å²) in [7, 11) is 0. The number of rotatable bonds is 7. The number of aromatic nitrogens is 4. The van der Waals surface area contributed by atoms with Crippen molar-refractivity contribution in [2.75, 3.05) is 5.32 Å². The first-order chi connectivity index (χ1) is 14.2. The molecule has 30 heavy (non-hydrogen) atoms. The fourth-order valence-corrected chi connectivity index (χ4v) is 2.66. The molecule has 3 rings (SSSR count). The number of aryl methyl sites for hydroxylation is 2. The summed E-state index contributed by atoms with van der Waals surface area (Å²) in [6, 6.07) is 1.44. The highest BCUT2D eigenvalue weighted by atomic mass is 19.2. The molecule has 0 unspecified atom stereocenters. The molecule has 0 saturated heterocycles. The van der Waals surface area contributed by atoms with Crippen molar-refractivity contribution in [3.05, 3.63) is 69.2 Å². The smallest absolute Gasteiger partial charge is 0.309 e. The molecule has 0 atom stereocenters. The molecular formula is C17H14F4N6O3. The van der Waals surface area contributed by atoms with Gasteiger partial charge in [0.05, 0.1) is 17.0 Å². The molecule has 2 heterocycles. The first-order valence-electron chi connectivity index (χ1n) is 8.49. The molecule has 1 N–H and O–H groups in total. The molecule has 0 aliphatic heterocycles. The van der Waals surface area contributed by atoms with Gasteiger partial charge >= 0.3 is 5.69 Å². The average molecular weight is 426 g/mol. The molecule has 13 heteroatoms. The molecule has 0 fully saturated rings. The van der Waals surface area contributed by atoms with Crippen LogP contribution < -0.4 is 5.32 Å². The van der Waals surface area contributed by atoms with E-state index in [1.165, 1.54) is 30.1 Å². The zero-order valence-electron chi connectivity index (χ0n) is 15.4. The summed E-state index contributed by atoms with van der Waals surface area (Å²) in [4.78, 5) is 22.2. The van der Waals surface area contributed by atoms with Crippen molar-refractivity contribution < 1.29 is 27.3 Å². The highest BCUT2D eigenvalue weighted by Gasteiger charge is 2.20. The summed E-state index contributed by atoms with van der Waals surface area (Å²) < 4.78 is 56.3. The monoisotopic (exact) mass is 426 g/mol. The van der Waals surface area contributed by atoms with Gasteiger partial charge in [0, 0.05) is 31.3 Å². The Bertz CT molecular complexity index is 1100. The lowest BCUT2D eigenvalue weighted by molar-refractivity contribution is -0.385. The van der Waals surface area contributed by atoms with Crippen LogP contribution in [0.1, 0.15) is 17.7 Å². The Hall–Kier alpha value is -3.77. The molecule has 0 aliphatic carbocycles. The number of nitro groups is 1. The molecule has 0 spiro atoms. The molecule has 0 saturated carbocycles. The van der Waals surface area contributed by atoms with E-state index < -0.39 is 46.2 Å².